The highest BCUT2D eigenvalue weighted by atomic mass is 16.3. The van der Waals surface area contributed by atoms with Crippen LogP contribution >= 0.6 is 0 Å². The maximum absolute atomic E-state index is 10.2. The maximum atomic E-state index is 10.2. The Kier molecular flexibility index (Phi) is 7.02. The van der Waals surface area contributed by atoms with Crippen LogP contribution in [0.15, 0.2) is 35.5 Å². The molecular weight excluding hydrogens is 286 g/mol. The van der Waals surface area contributed by atoms with Crippen molar-refractivity contribution in [1.82, 2.24) is 10.2 Å². The van der Waals surface area contributed by atoms with Gasteiger partial charge in [0.2, 0.25) is 0 Å². The van der Waals surface area contributed by atoms with Crippen LogP contribution in [0.4, 0.5) is 0 Å². The van der Waals surface area contributed by atoms with Crippen molar-refractivity contribution >= 4 is 5.70 Å². The minimum atomic E-state index is -0.502. The van der Waals surface area contributed by atoms with Gasteiger partial charge in [-0.25, -0.2) is 0 Å². The zero-order chi connectivity index (χ0) is 17.6. The largest absolute Gasteiger partial charge is 0.387 e. The fraction of sp³-hybridized carbons (Fsp3) is 0.421. The molecule has 0 fully saturated rings. The predicted molar refractivity (Wildman–Crippen MR) is 95.6 cm³/mol. The average molecular weight is 313 g/mol. The van der Waals surface area contributed by atoms with Gasteiger partial charge in [0.05, 0.1) is 17.7 Å². The van der Waals surface area contributed by atoms with Gasteiger partial charge in [0.25, 0.3) is 0 Å². The Balaban J connectivity index is 3.03. The van der Waals surface area contributed by atoms with Crippen LogP contribution in [0.3, 0.4) is 0 Å². The molecule has 1 aromatic rings. The van der Waals surface area contributed by atoms with Crippen molar-refractivity contribution in [3.05, 3.63) is 52.2 Å². The van der Waals surface area contributed by atoms with Gasteiger partial charge in [0.15, 0.2) is 0 Å². The van der Waals surface area contributed by atoms with Crippen molar-refractivity contribution < 1.29 is 5.11 Å². The Morgan fingerprint density at radius 3 is 2.52 bits per heavy atom. The molecule has 0 aliphatic heterocycles. The van der Waals surface area contributed by atoms with Crippen LogP contribution < -0.4 is 5.32 Å². The number of hydrogen-bond donors (Lipinski definition) is 2. The number of nitrogens with zero attached hydrogens (tertiary/aromatic N) is 2. The first kappa shape index (κ1) is 19.0. The molecule has 2 N–H and O–H groups in total. The normalized spacial score (nSPS) is 14.3. The molecule has 124 valence electrons. The van der Waals surface area contributed by atoms with E-state index in [9.17, 15) is 5.11 Å². The van der Waals surface area contributed by atoms with Crippen molar-refractivity contribution in [3.63, 3.8) is 0 Å². The molecule has 0 spiro atoms. The molecule has 0 aliphatic carbocycles. The fourth-order valence-electron chi connectivity index (χ4n) is 2.36. The highest BCUT2D eigenvalue weighted by molar-refractivity contribution is 5.68. The van der Waals surface area contributed by atoms with Crippen molar-refractivity contribution in [3.8, 4) is 6.07 Å². The van der Waals surface area contributed by atoms with E-state index in [-0.39, 0.29) is 0 Å². The lowest BCUT2D eigenvalue weighted by atomic mass is 10.0. The van der Waals surface area contributed by atoms with E-state index in [1.54, 1.807) is 0 Å². The minimum absolute atomic E-state index is 0.502. The molecule has 0 heterocycles. The van der Waals surface area contributed by atoms with E-state index in [0.29, 0.717) is 12.1 Å². The maximum Gasteiger partial charge on any atom is 0.0991 e. The third-order valence-corrected chi connectivity index (χ3v) is 3.89. The number of allylic oxidation sites excluding steroid dienone is 2. The molecule has 4 heteroatoms. The zero-order valence-electron chi connectivity index (χ0n) is 14.9. The van der Waals surface area contributed by atoms with Gasteiger partial charge < -0.3 is 15.3 Å². The molecule has 1 rings (SSSR count). The molecule has 0 saturated heterocycles. The highest BCUT2D eigenvalue weighted by Crippen LogP contribution is 2.20. The molecule has 0 amide bonds. The summed E-state index contributed by atoms with van der Waals surface area (Å²) in [5.74, 6) is 0. The van der Waals surface area contributed by atoms with Gasteiger partial charge in [-0.3, -0.25) is 0 Å². The fourth-order valence-corrected chi connectivity index (χ4v) is 2.36. The lowest BCUT2D eigenvalue weighted by molar-refractivity contribution is 0.166. The molecule has 0 saturated carbocycles. The number of aliphatic hydroxyl groups is 1. The summed E-state index contributed by atoms with van der Waals surface area (Å²) in [6.45, 7) is 8.46. The quantitative estimate of drug-likeness (QED) is 0.847. The number of benzene rings is 1. The zero-order valence-corrected chi connectivity index (χ0v) is 14.9. The van der Waals surface area contributed by atoms with Crippen LogP contribution in [0.1, 0.15) is 37.5 Å². The number of nitrogens with one attached hydrogen (secondary N) is 1. The van der Waals surface area contributed by atoms with E-state index in [0.717, 1.165) is 28.1 Å². The topological polar surface area (TPSA) is 59.3 Å². The van der Waals surface area contributed by atoms with Crippen molar-refractivity contribution in [2.45, 2.75) is 33.8 Å². The molecule has 0 bridgehead atoms. The number of hydrogen-bond acceptors (Lipinski definition) is 4. The van der Waals surface area contributed by atoms with E-state index in [4.69, 9.17) is 5.26 Å². The molecule has 0 aromatic heterocycles. The highest BCUT2D eigenvalue weighted by Gasteiger charge is 2.12. The van der Waals surface area contributed by atoms with Crippen molar-refractivity contribution in [2.75, 3.05) is 20.6 Å². The van der Waals surface area contributed by atoms with E-state index in [2.05, 4.69) is 11.4 Å². The van der Waals surface area contributed by atoms with Gasteiger partial charge in [-0.05, 0) is 65.1 Å². The molecular formula is C19H27N3O. The van der Waals surface area contributed by atoms with Gasteiger partial charge in [0.1, 0.15) is 0 Å². The molecule has 0 radical (unpaired) electrons. The number of aryl methyl sites for hydroxylation is 1. The van der Waals surface area contributed by atoms with E-state index < -0.39 is 6.10 Å². The summed E-state index contributed by atoms with van der Waals surface area (Å²) in [5, 5.41) is 22.6. The first-order valence-corrected chi connectivity index (χ1v) is 7.74. The molecule has 23 heavy (non-hydrogen) atoms. The summed E-state index contributed by atoms with van der Waals surface area (Å²) in [5.41, 5.74) is 5.60. The summed E-state index contributed by atoms with van der Waals surface area (Å²) < 4.78 is 0. The minimum Gasteiger partial charge on any atom is -0.387 e. The number of likely N-dealkylation sites (N-methyl/N-ethyl adjacent to an activating group) is 1. The standard InChI is InChI=1S/C19H27N3O/c1-7-18(17-9-8-16(11-20)10-13(17)2)21-15(4)14(3)19(23)12-22(5)6/h7-10,19,21,23H,12H2,1-6H3/b15-14+,18-7+. The van der Waals surface area contributed by atoms with Crippen LogP contribution in [0.5, 0.6) is 0 Å². The predicted octanol–water partition coefficient (Wildman–Crippen LogP) is 3.03. The Morgan fingerprint density at radius 1 is 1.39 bits per heavy atom. The van der Waals surface area contributed by atoms with E-state index in [1.165, 1.54) is 0 Å². The summed E-state index contributed by atoms with van der Waals surface area (Å²) in [6, 6.07) is 7.81. The third kappa shape index (κ3) is 5.24. The van der Waals surface area contributed by atoms with Gasteiger partial charge in [-0.1, -0.05) is 12.1 Å². The Hall–Kier alpha value is -2.09. The first-order valence-electron chi connectivity index (χ1n) is 7.74. The molecule has 1 atom stereocenters. The summed E-state index contributed by atoms with van der Waals surface area (Å²) in [7, 11) is 3.88. The Morgan fingerprint density at radius 2 is 2.04 bits per heavy atom. The van der Waals surface area contributed by atoms with Gasteiger partial charge >= 0.3 is 0 Å². The van der Waals surface area contributed by atoms with Crippen LogP contribution in [0, 0.1) is 18.3 Å². The van der Waals surface area contributed by atoms with Crippen molar-refractivity contribution in [1.29, 1.82) is 5.26 Å². The Bertz CT molecular complexity index is 651. The molecule has 1 unspecified atom stereocenters. The van der Waals surface area contributed by atoms with E-state index >= 15 is 0 Å². The summed E-state index contributed by atoms with van der Waals surface area (Å²) in [6.07, 6.45) is 1.50. The lowest BCUT2D eigenvalue weighted by Crippen LogP contribution is -2.28. The second-order valence-electron chi connectivity index (χ2n) is 6.05. The van der Waals surface area contributed by atoms with Gasteiger partial charge in [-0.2, -0.15) is 5.26 Å². The summed E-state index contributed by atoms with van der Waals surface area (Å²) in [4.78, 5) is 1.96. The van der Waals surface area contributed by atoms with Gasteiger partial charge in [0, 0.05) is 23.5 Å². The smallest absolute Gasteiger partial charge is 0.0991 e. The lowest BCUT2D eigenvalue weighted by Gasteiger charge is -2.21. The average Bonchev–Trinajstić information content (AvgIpc) is 2.51. The second-order valence-corrected chi connectivity index (χ2v) is 6.05. The van der Waals surface area contributed by atoms with Crippen LogP contribution in [-0.4, -0.2) is 36.8 Å². The molecule has 4 nitrogen and oxygen atoms in total. The Labute approximate surface area is 139 Å². The molecule has 0 aliphatic rings. The monoisotopic (exact) mass is 313 g/mol. The number of nitriles is 1. The van der Waals surface area contributed by atoms with E-state index in [1.807, 2.05) is 71.0 Å². The van der Waals surface area contributed by atoms with Crippen molar-refractivity contribution in [2.24, 2.45) is 0 Å². The SMILES string of the molecule is C/C=C(/N/C(C)=C(\C)C(O)CN(C)C)c1ccc(C#N)cc1C. The van der Waals surface area contributed by atoms with Gasteiger partial charge in [-0.15, -0.1) is 0 Å². The number of rotatable bonds is 6. The van der Waals surface area contributed by atoms with Crippen LogP contribution in [0.25, 0.3) is 5.70 Å². The van der Waals surface area contributed by atoms with Crippen LogP contribution in [-0.2, 0) is 0 Å². The number of aliphatic hydroxyl groups excluding tert-OH is 1. The third-order valence-electron chi connectivity index (χ3n) is 3.89. The second kappa shape index (κ2) is 8.52. The van der Waals surface area contributed by atoms with Crippen LogP contribution in [0.2, 0.25) is 0 Å². The summed E-state index contributed by atoms with van der Waals surface area (Å²) >= 11 is 0. The molecule has 1 aromatic carbocycles. The first-order chi connectivity index (χ1) is 10.8.